The van der Waals surface area contributed by atoms with Gasteiger partial charge in [0.15, 0.2) is 0 Å². The average Bonchev–Trinajstić information content (AvgIpc) is 2.23. The third kappa shape index (κ3) is 2.78. The van der Waals surface area contributed by atoms with Crippen LogP contribution in [0.25, 0.3) is 0 Å². The van der Waals surface area contributed by atoms with E-state index < -0.39 is 10.0 Å². The summed E-state index contributed by atoms with van der Waals surface area (Å²) in [6.07, 6.45) is 1.98. The molecule has 0 atom stereocenters. The van der Waals surface area contributed by atoms with Crippen LogP contribution in [-0.2, 0) is 14.8 Å². The van der Waals surface area contributed by atoms with Gasteiger partial charge in [-0.1, -0.05) is 0 Å². The van der Waals surface area contributed by atoms with Gasteiger partial charge in [-0.15, -0.1) is 0 Å². The van der Waals surface area contributed by atoms with Gasteiger partial charge in [0.25, 0.3) is 0 Å². The van der Waals surface area contributed by atoms with Crippen LogP contribution in [0.4, 0.5) is 0 Å². The van der Waals surface area contributed by atoms with Crippen molar-refractivity contribution in [3.8, 4) is 0 Å². The Bertz CT molecular complexity index is 395. The summed E-state index contributed by atoms with van der Waals surface area (Å²) in [5, 5.41) is 9.13. The summed E-state index contributed by atoms with van der Waals surface area (Å²) in [6, 6.07) is 0. The number of β-amino-alcohol motifs (C(OH)–C–C–N with tert-alkyl or cyclic N) is 1. The van der Waals surface area contributed by atoms with Gasteiger partial charge in [-0.05, 0) is 12.8 Å². The lowest BCUT2D eigenvalue weighted by Crippen LogP contribution is -2.56. The molecule has 2 saturated heterocycles. The number of carbonyl (C=O) groups excluding carboxylic acids is 1. The number of aliphatic hydroxyl groups is 1. The van der Waals surface area contributed by atoms with Gasteiger partial charge >= 0.3 is 0 Å². The fourth-order valence-corrected chi connectivity index (χ4v) is 3.20. The molecular formula is C10H18N2O4S. The van der Waals surface area contributed by atoms with Crippen molar-refractivity contribution >= 4 is 15.9 Å². The van der Waals surface area contributed by atoms with E-state index in [1.54, 1.807) is 4.90 Å². The fourth-order valence-electron chi connectivity index (χ4n) is 2.33. The van der Waals surface area contributed by atoms with Crippen LogP contribution in [0.15, 0.2) is 0 Å². The monoisotopic (exact) mass is 262 g/mol. The summed E-state index contributed by atoms with van der Waals surface area (Å²) in [5.41, 5.74) is 0. The number of aliphatic hydroxyl groups excluding tert-OH is 1. The number of sulfonamides is 1. The van der Waals surface area contributed by atoms with Crippen molar-refractivity contribution in [2.75, 3.05) is 32.4 Å². The van der Waals surface area contributed by atoms with E-state index in [0.717, 1.165) is 0 Å². The van der Waals surface area contributed by atoms with Gasteiger partial charge in [0.05, 0.1) is 12.4 Å². The number of carbonyl (C=O) groups is 1. The molecule has 17 heavy (non-hydrogen) atoms. The molecular weight excluding hydrogens is 244 g/mol. The Morgan fingerprint density at radius 3 is 2.18 bits per heavy atom. The first-order valence-corrected chi connectivity index (χ1v) is 7.64. The molecule has 1 N–H and O–H groups in total. The zero-order valence-electron chi connectivity index (χ0n) is 9.87. The fraction of sp³-hybridized carbons (Fsp3) is 0.900. The number of hydrogen-bond acceptors (Lipinski definition) is 4. The maximum Gasteiger partial charge on any atom is 0.225 e. The van der Waals surface area contributed by atoms with E-state index in [1.165, 1.54) is 10.6 Å². The van der Waals surface area contributed by atoms with E-state index in [9.17, 15) is 13.2 Å². The summed E-state index contributed by atoms with van der Waals surface area (Å²) in [4.78, 5) is 13.6. The number of rotatable bonds is 2. The molecule has 0 aromatic rings. The highest BCUT2D eigenvalue weighted by atomic mass is 32.2. The van der Waals surface area contributed by atoms with E-state index in [2.05, 4.69) is 0 Å². The molecule has 6 nitrogen and oxygen atoms in total. The summed E-state index contributed by atoms with van der Waals surface area (Å²) in [7, 11) is -3.13. The summed E-state index contributed by atoms with van der Waals surface area (Å²) in [6.45, 7) is 1.69. The molecule has 0 aromatic carbocycles. The van der Waals surface area contributed by atoms with E-state index in [4.69, 9.17) is 5.11 Å². The predicted octanol–water partition coefficient (Wildman–Crippen LogP) is -1.14. The number of piperidine rings is 1. The first-order valence-electron chi connectivity index (χ1n) is 5.80. The van der Waals surface area contributed by atoms with Crippen molar-refractivity contribution in [1.82, 2.24) is 9.21 Å². The zero-order chi connectivity index (χ0) is 12.6. The Balaban J connectivity index is 1.85. The Labute approximate surface area is 101 Å². The van der Waals surface area contributed by atoms with Gasteiger partial charge in [0.2, 0.25) is 15.9 Å². The van der Waals surface area contributed by atoms with Crippen molar-refractivity contribution in [3.05, 3.63) is 0 Å². The molecule has 0 aliphatic carbocycles. The SMILES string of the molecule is CS(=O)(=O)N1CCC(C(=O)N2CC(O)C2)CC1. The van der Waals surface area contributed by atoms with Crippen LogP contribution in [0.1, 0.15) is 12.8 Å². The lowest BCUT2D eigenvalue weighted by atomic mass is 9.95. The lowest BCUT2D eigenvalue weighted by molar-refractivity contribution is -0.146. The quantitative estimate of drug-likeness (QED) is 0.682. The highest BCUT2D eigenvalue weighted by Crippen LogP contribution is 2.23. The molecule has 0 saturated carbocycles. The molecule has 2 aliphatic heterocycles. The van der Waals surface area contributed by atoms with E-state index in [-0.39, 0.29) is 17.9 Å². The van der Waals surface area contributed by atoms with Crippen LogP contribution in [0, 0.1) is 5.92 Å². The van der Waals surface area contributed by atoms with Crippen molar-refractivity contribution in [1.29, 1.82) is 0 Å². The highest BCUT2D eigenvalue weighted by Gasteiger charge is 2.36. The maximum absolute atomic E-state index is 11.9. The van der Waals surface area contributed by atoms with Crippen LogP contribution in [0.5, 0.6) is 0 Å². The van der Waals surface area contributed by atoms with Gasteiger partial charge in [-0.2, -0.15) is 0 Å². The third-order valence-electron chi connectivity index (χ3n) is 3.45. The second-order valence-corrected chi connectivity index (χ2v) is 6.82. The summed E-state index contributed by atoms with van der Waals surface area (Å²) >= 11 is 0. The van der Waals surface area contributed by atoms with Crippen LogP contribution in [0.3, 0.4) is 0 Å². The van der Waals surface area contributed by atoms with Crippen molar-refractivity contribution in [3.63, 3.8) is 0 Å². The molecule has 0 unspecified atom stereocenters. The molecule has 2 fully saturated rings. The minimum atomic E-state index is -3.13. The standard InChI is InChI=1S/C10H18N2O4S/c1-17(15,16)12-4-2-8(3-5-12)10(14)11-6-9(13)7-11/h8-9,13H,2-7H2,1H3. The van der Waals surface area contributed by atoms with E-state index in [1.807, 2.05) is 0 Å². The van der Waals surface area contributed by atoms with Crippen molar-refractivity contribution in [2.45, 2.75) is 18.9 Å². The normalized spacial score (nSPS) is 24.7. The number of amides is 1. The van der Waals surface area contributed by atoms with Gasteiger partial charge in [-0.3, -0.25) is 4.79 Å². The molecule has 1 amide bonds. The summed E-state index contributed by atoms with van der Waals surface area (Å²) < 4.78 is 24.0. The number of hydrogen-bond donors (Lipinski definition) is 1. The Hall–Kier alpha value is -0.660. The zero-order valence-corrected chi connectivity index (χ0v) is 10.7. The maximum atomic E-state index is 11.9. The second kappa shape index (κ2) is 4.55. The van der Waals surface area contributed by atoms with Crippen LogP contribution < -0.4 is 0 Å². The average molecular weight is 262 g/mol. The minimum absolute atomic E-state index is 0.0588. The molecule has 2 rings (SSSR count). The smallest absolute Gasteiger partial charge is 0.225 e. The van der Waals surface area contributed by atoms with Crippen molar-refractivity contribution in [2.24, 2.45) is 5.92 Å². The Morgan fingerprint density at radius 1 is 1.24 bits per heavy atom. The van der Waals surface area contributed by atoms with Crippen LogP contribution in [0.2, 0.25) is 0 Å². The molecule has 0 aromatic heterocycles. The number of likely N-dealkylation sites (tertiary alicyclic amines) is 1. The van der Waals surface area contributed by atoms with E-state index >= 15 is 0 Å². The van der Waals surface area contributed by atoms with Gasteiger partial charge in [0, 0.05) is 32.1 Å². The van der Waals surface area contributed by atoms with Crippen LogP contribution >= 0.6 is 0 Å². The second-order valence-electron chi connectivity index (χ2n) is 4.83. The van der Waals surface area contributed by atoms with E-state index in [0.29, 0.717) is 39.0 Å². The Kier molecular flexibility index (Phi) is 3.42. The first kappa shape index (κ1) is 12.8. The number of nitrogens with zero attached hydrogens (tertiary/aromatic N) is 2. The predicted molar refractivity (Wildman–Crippen MR) is 61.7 cm³/mol. The lowest BCUT2D eigenvalue weighted by Gasteiger charge is -2.40. The van der Waals surface area contributed by atoms with Gasteiger partial charge < -0.3 is 10.0 Å². The largest absolute Gasteiger partial charge is 0.389 e. The van der Waals surface area contributed by atoms with Crippen LogP contribution in [-0.4, -0.2) is 67.2 Å². The topological polar surface area (TPSA) is 77.9 Å². The first-order chi connectivity index (χ1) is 7.88. The molecule has 7 heteroatoms. The molecule has 2 aliphatic rings. The third-order valence-corrected chi connectivity index (χ3v) is 4.75. The minimum Gasteiger partial charge on any atom is -0.389 e. The summed E-state index contributed by atoms with van der Waals surface area (Å²) in [5.74, 6) is -0.0241. The van der Waals surface area contributed by atoms with Gasteiger partial charge in [0.1, 0.15) is 0 Å². The molecule has 0 spiro atoms. The van der Waals surface area contributed by atoms with Crippen molar-refractivity contribution < 1.29 is 18.3 Å². The molecule has 2 heterocycles. The molecule has 98 valence electrons. The Morgan fingerprint density at radius 2 is 1.76 bits per heavy atom. The molecule has 0 bridgehead atoms. The van der Waals surface area contributed by atoms with Gasteiger partial charge in [-0.25, -0.2) is 12.7 Å². The highest BCUT2D eigenvalue weighted by molar-refractivity contribution is 7.88. The molecule has 0 radical (unpaired) electrons.